The van der Waals surface area contributed by atoms with Gasteiger partial charge in [0.2, 0.25) is 0 Å². The molecular formula is C32H42N2. The van der Waals surface area contributed by atoms with Crippen LogP contribution >= 0.6 is 0 Å². The number of anilines is 1. The lowest BCUT2D eigenvalue weighted by Gasteiger charge is -2.57. The van der Waals surface area contributed by atoms with E-state index in [-0.39, 0.29) is 5.54 Å². The van der Waals surface area contributed by atoms with Gasteiger partial charge in [-0.25, -0.2) is 0 Å². The van der Waals surface area contributed by atoms with E-state index < -0.39 is 0 Å². The summed E-state index contributed by atoms with van der Waals surface area (Å²) in [5, 5.41) is 0. The van der Waals surface area contributed by atoms with Gasteiger partial charge in [0.25, 0.3) is 0 Å². The van der Waals surface area contributed by atoms with Gasteiger partial charge >= 0.3 is 0 Å². The van der Waals surface area contributed by atoms with Gasteiger partial charge in [0, 0.05) is 24.0 Å². The number of aliphatic imine (C=N–C) groups is 1. The number of hydrogen-bond acceptors (Lipinski definition) is 2. The fourth-order valence-corrected chi connectivity index (χ4v) is 8.90. The molecule has 1 unspecified atom stereocenters. The minimum Gasteiger partial charge on any atom is -0.366 e. The van der Waals surface area contributed by atoms with Gasteiger partial charge in [0.15, 0.2) is 0 Å². The van der Waals surface area contributed by atoms with Crippen LogP contribution < -0.4 is 4.90 Å². The molecule has 0 radical (unpaired) electrons. The van der Waals surface area contributed by atoms with Crippen LogP contribution in [-0.2, 0) is 5.41 Å². The Kier molecular flexibility index (Phi) is 5.24. The highest BCUT2D eigenvalue weighted by molar-refractivity contribution is 5.86. The molecule has 1 aliphatic heterocycles. The van der Waals surface area contributed by atoms with Gasteiger partial charge in [-0.1, -0.05) is 19.1 Å². The predicted molar refractivity (Wildman–Crippen MR) is 145 cm³/mol. The quantitative estimate of drug-likeness (QED) is 0.424. The Labute approximate surface area is 206 Å². The highest BCUT2D eigenvalue weighted by atomic mass is 15.2. The first kappa shape index (κ1) is 22.4. The summed E-state index contributed by atoms with van der Waals surface area (Å²) in [5.41, 5.74) is 8.82. The average molecular weight is 455 g/mol. The van der Waals surface area contributed by atoms with Gasteiger partial charge < -0.3 is 4.90 Å². The standard InChI is InChI=1S/C32H42N2/c1-6-34-30-11-21(2)26(15-29(30)22(3)16-31(34,4)5)20-33-28-9-7-27(8-10-28)32-17-23-12-24(18-32)14-25(13-23)19-32/h7-11,15,20,22-25H,6,12-14,16-19H2,1-5H3. The van der Waals surface area contributed by atoms with E-state index in [1.54, 1.807) is 5.56 Å². The lowest BCUT2D eigenvalue weighted by atomic mass is 9.48. The van der Waals surface area contributed by atoms with Crippen LogP contribution in [0.4, 0.5) is 11.4 Å². The molecule has 4 saturated carbocycles. The van der Waals surface area contributed by atoms with Crippen LogP contribution in [0.25, 0.3) is 0 Å². The van der Waals surface area contributed by atoms with Crippen molar-refractivity contribution >= 4 is 17.6 Å². The summed E-state index contributed by atoms with van der Waals surface area (Å²) in [7, 11) is 0. The zero-order chi connectivity index (χ0) is 23.7. The zero-order valence-electron chi connectivity index (χ0n) is 21.9. The minimum absolute atomic E-state index is 0.210. The van der Waals surface area contributed by atoms with Crippen molar-refractivity contribution < 1.29 is 0 Å². The van der Waals surface area contributed by atoms with E-state index >= 15 is 0 Å². The fraction of sp³-hybridized carbons (Fsp3) is 0.594. The molecule has 34 heavy (non-hydrogen) atoms. The summed E-state index contributed by atoms with van der Waals surface area (Å²) >= 11 is 0. The van der Waals surface area contributed by atoms with E-state index in [4.69, 9.17) is 4.99 Å². The summed E-state index contributed by atoms with van der Waals surface area (Å²) in [6, 6.07) is 14.1. The first-order chi connectivity index (χ1) is 16.3. The SMILES string of the molecule is CCN1c2cc(C)c(C=Nc3ccc(C45CC6CC(CC(C6)C4)C5)cc3)cc2C(C)CC1(C)C. The first-order valence-electron chi connectivity index (χ1n) is 13.8. The van der Waals surface area contributed by atoms with Crippen molar-refractivity contribution in [3.8, 4) is 0 Å². The molecule has 1 atom stereocenters. The van der Waals surface area contributed by atoms with Crippen LogP contribution in [0.15, 0.2) is 41.4 Å². The van der Waals surface area contributed by atoms with E-state index in [0.29, 0.717) is 11.3 Å². The van der Waals surface area contributed by atoms with Gasteiger partial charge in [-0.2, -0.15) is 0 Å². The molecule has 4 bridgehead atoms. The van der Waals surface area contributed by atoms with Crippen LogP contribution in [0.5, 0.6) is 0 Å². The number of fused-ring (bicyclic) bond motifs is 1. The third-order valence-corrected chi connectivity index (χ3v) is 9.96. The van der Waals surface area contributed by atoms with Crippen molar-refractivity contribution in [3.63, 3.8) is 0 Å². The van der Waals surface area contributed by atoms with Gasteiger partial charge in [-0.05, 0) is 148 Å². The van der Waals surface area contributed by atoms with Crippen molar-refractivity contribution in [3.05, 3.63) is 58.7 Å². The Morgan fingerprint density at radius 1 is 0.941 bits per heavy atom. The fourth-order valence-electron chi connectivity index (χ4n) is 8.90. The lowest BCUT2D eigenvalue weighted by Crippen LogP contribution is -2.48. The van der Waals surface area contributed by atoms with Gasteiger partial charge in [-0.3, -0.25) is 4.99 Å². The number of aryl methyl sites for hydroxylation is 1. The Hall–Kier alpha value is -2.09. The summed E-state index contributed by atoms with van der Waals surface area (Å²) in [6.07, 6.45) is 12.1. The number of rotatable bonds is 4. The molecule has 2 heteroatoms. The second kappa shape index (κ2) is 7.97. The van der Waals surface area contributed by atoms with Crippen LogP contribution in [0.1, 0.15) is 101 Å². The molecule has 4 aliphatic carbocycles. The lowest BCUT2D eigenvalue weighted by molar-refractivity contribution is -0.00518. The second-order valence-corrected chi connectivity index (χ2v) is 12.9. The van der Waals surface area contributed by atoms with Crippen molar-refractivity contribution in [2.45, 2.75) is 96.4 Å². The predicted octanol–water partition coefficient (Wildman–Crippen LogP) is 8.33. The molecule has 0 aromatic heterocycles. The highest BCUT2D eigenvalue weighted by Gasteiger charge is 2.51. The van der Waals surface area contributed by atoms with Gasteiger partial charge in [-0.15, -0.1) is 0 Å². The van der Waals surface area contributed by atoms with Crippen molar-refractivity contribution in [2.75, 3.05) is 11.4 Å². The second-order valence-electron chi connectivity index (χ2n) is 12.9. The molecule has 5 aliphatic rings. The van der Waals surface area contributed by atoms with E-state index in [9.17, 15) is 0 Å². The maximum Gasteiger partial charge on any atom is 0.0630 e. The molecule has 0 amide bonds. The largest absolute Gasteiger partial charge is 0.366 e. The molecule has 7 rings (SSSR count). The number of benzene rings is 2. The van der Waals surface area contributed by atoms with Crippen LogP contribution in [0.2, 0.25) is 0 Å². The monoisotopic (exact) mass is 454 g/mol. The molecule has 2 aromatic carbocycles. The molecule has 0 saturated heterocycles. The maximum absolute atomic E-state index is 4.93. The van der Waals surface area contributed by atoms with E-state index in [1.165, 1.54) is 67.3 Å². The van der Waals surface area contributed by atoms with Crippen LogP contribution in [0, 0.1) is 24.7 Å². The zero-order valence-corrected chi connectivity index (χ0v) is 21.9. The third kappa shape index (κ3) is 3.64. The first-order valence-corrected chi connectivity index (χ1v) is 13.8. The Morgan fingerprint density at radius 2 is 1.56 bits per heavy atom. The maximum atomic E-state index is 4.93. The number of nitrogens with zero attached hydrogens (tertiary/aromatic N) is 2. The summed E-state index contributed by atoms with van der Waals surface area (Å²) in [4.78, 5) is 7.51. The van der Waals surface area contributed by atoms with Crippen LogP contribution in [0.3, 0.4) is 0 Å². The Bertz CT molecular complexity index is 1070. The molecule has 2 aromatic rings. The topological polar surface area (TPSA) is 15.6 Å². The average Bonchev–Trinajstić information content (AvgIpc) is 2.77. The summed E-state index contributed by atoms with van der Waals surface area (Å²) < 4.78 is 0. The minimum atomic E-state index is 0.210. The molecule has 4 fully saturated rings. The molecule has 0 spiro atoms. The highest BCUT2D eigenvalue weighted by Crippen LogP contribution is 2.60. The Balaban J connectivity index is 1.24. The Morgan fingerprint density at radius 3 is 2.15 bits per heavy atom. The van der Waals surface area contributed by atoms with Crippen molar-refractivity contribution in [2.24, 2.45) is 22.7 Å². The van der Waals surface area contributed by atoms with Crippen LogP contribution in [-0.4, -0.2) is 18.3 Å². The van der Waals surface area contributed by atoms with E-state index in [0.717, 1.165) is 30.0 Å². The molecule has 0 N–H and O–H groups in total. The van der Waals surface area contributed by atoms with Crippen molar-refractivity contribution in [1.82, 2.24) is 0 Å². The summed E-state index contributed by atoms with van der Waals surface area (Å²) in [5.74, 6) is 3.55. The molecule has 180 valence electrons. The van der Waals surface area contributed by atoms with Gasteiger partial charge in [0.1, 0.15) is 0 Å². The number of hydrogen-bond donors (Lipinski definition) is 0. The van der Waals surface area contributed by atoms with Crippen molar-refractivity contribution in [1.29, 1.82) is 0 Å². The smallest absolute Gasteiger partial charge is 0.0630 e. The van der Waals surface area contributed by atoms with E-state index in [1.807, 2.05) is 0 Å². The molecule has 2 nitrogen and oxygen atoms in total. The van der Waals surface area contributed by atoms with Gasteiger partial charge in [0.05, 0.1) is 5.69 Å². The molecule has 1 heterocycles. The summed E-state index contributed by atoms with van der Waals surface area (Å²) in [6.45, 7) is 12.7. The van der Waals surface area contributed by atoms with E-state index in [2.05, 4.69) is 82.1 Å². The normalized spacial score (nSPS) is 33.5. The molecular weight excluding hydrogens is 412 g/mol. The third-order valence-electron chi connectivity index (χ3n) is 9.96.